The third kappa shape index (κ3) is 9.92. The van der Waals surface area contributed by atoms with Crippen LogP contribution in [0, 0.1) is 0 Å². The van der Waals surface area contributed by atoms with Gasteiger partial charge >= 0.3 is 0 Å². The Bertz CT molecular complexity index is 72.0. The van der Waals surface area contributed by atoms with Crippen LogP contribution >= 0.6 is 0 Å². The van der Waals surface area contributed by atoms with E-state index in [1.807, 2.05) is 13.8 Å². The highest BCUT2D eigenvalue weighted by Gasteiger charge is 2.13. The first-order valence-corrected chi connectivity index (χ1v) is 4.38. The summed E-state index contributed by atoms with van der Waals surface area (Å²) < 4.78 is 5.18. The summed E-state index contributed by atoms with van der Waals surface area (Å²) in [6.07, 6.45) is 0. The third-order valence-electron chi connectivity index (χ3n) is 1.35. The van der Waals surface area contributed by atoms with Crippen LogP contribution in [0.2, 0.25) is 0 Å². The summed E-state index contributed by atoms with van der Waals surface area (Å²) in [4.78, 5) is 0. The van der Waals surface area contributed by atoms with Gasteiger partial charge in [-0.15, -0.1) is 0 Å². The first-order chi connectivity index (χ1) is 5.12. The van der Waals surface area contributed by atoms with E-state index in [9.17, 15) is 0 Å². The molecule has 1 N–H and O–H groups in total. The smallest absolute Gasteiger partial charge is 0.0746 e. The first kappa shape index (κ1) is 13.5. The fourth-order valence-electron chi connectivity index (χ4n) is 0.498. The van der Waals surface area contributed by atoms with Crippen molar-refractivity contribution in [2.24, 2.45) is 0 Å². The predicted molar refractivity (Wildman–Crippen MR) is 51.0 cm³/mol. The van der Waals surface area contributed by atoms with Crippen molar-refractivity contribution in [2.45, 2.75) is 40.2 Å². The number of hydrogen-bond donors (Lipinski definition) is 1. The molecular weight excluding hydrogens is 138 g/mol. The molecule has 0 aliphatic rings. The topological polar surface area (TPSA) is 21.3 Å². The van der Waals surface area contributed by atoms with Crippen LogP contribution in [-0.4, -0.2) is 25.8 Å². The van der Waals surface area contributed by atoms with Gasteiger partial charge in [-0.25, -0.2) is 0 Å². The molecule has 0 aromatic carbocycles. The van der Waals surface area contributed by atoms with E-state index in [2.05, 4.69) is 26.1 Å². The molecule has 0 amide bonds. The largest absolute Gasteiger partial charge is 0.377 e. The number of methoxy groups -OCH3 is 1. The Labute approximate surface area is 71.3 Å². The van der Waals surface area contributed by atoms with E-state index in [1.165, 1.54) is 0 Å². The molecule has 0 heterocycles. The first-order valence-electron chi connectivity index (χ1n) is 4.38. The molecule has 0 spiro atoms. The zero-order valence-electron chi connectivity index (χ0n) is 8.82. The molecule has 0 fully saturated rings. The van der Waals surface area contributed by atoms with E-state index in [4.69, 9.17) is 4.74 Å². The summed E-state index contributed by atoms with van der Waals surface area (Å²) in [6.45, 7) is 12.1. The van der Waals surface area contributed by atoms with Gasteiger partial charge in [-0.2, -0.15) is 0 Å². The molecule has 0 aliphatic carbocycles. The molecule has 0 bridgehead atoms. The van der Waals surface area contributed by atoms with Crippen molar-refractivity contribution in [2.75, 3.05) is 20.2 Å². The molecule has 0 unspecified atom stereocenters. The highest BCUT2D eigenvalue weighted by molar-refractivity contribution is 4.69. The van der Waals surface area contributed by atoms with Gasteiger partial charge in [-0.05, 0) is 20.4 Å². The van der Waals surface area contributed by atoms with E-state index < -0.39 is 0 Å². The van der Waals surface area contributed by atoms with E-state index in [0.717, 1.165) is 13.1 Å². The van der Waals surface area contributed by atoms with Crippen molar-refractivity contribution in [1.82, 2.24) is 5.32 Å². The summed E-state index contributed by atoms with van der Waals surface area (Å²) in [5, 5.41) is 3.21. The fourth-order valence-corrected chi connectivity index (χ4v) is 0.498. The maximum absolute atomic E-state index is 5.18. The van der Waals surface area contributed by atoms with Crippen molar-refractivity contribution in [3.63, 3.8) is 0 Å². The van der Waals surface area contributed by atoms with Crippen molar-refractivity contribution < 1.29 is 4.74 Å². The van der Waals surface area contributed by atoms with Crippen LogP contribution in [-0.2, 0) is 4.74 Å². The number of likely N-dealkylation sites (N-methyl/N-ethyl adjacent to an activating group) is 1. The molecule has 0 aromatic heterocycles. The maximum atomic E-state index is 5.18. The van der Waals surface area contributed by atoms with Crippen molar-refractivity contribution in [3.8, 4) is 0 Å². The molecule has 0 atom stereocenters. The van der Waals surface area contributed by atoms with Crippen molar-refractivity contribution in [3.05, 3.63) is 0 Å². The molecule has 2 nitrogen and oxygen atoms in total. The summed E-state index contributed by atoms with van der Waals surface area (Å²) in [6, 6.07) is 0. The second-order valence-electron chi connectivity index (χ2n) is 2.74. The maximum Gasteiger partial charge on any atom is 0.0746 e. The summed E-state index contributed by atoms with van der Waals surface area (Å²) >= 11 is 0. The number of nitrogens with one attached hydrogen (secondary N) is 1. The quantitative estimate of drug-likeness (QED) is 0.681. The van der Waals surface area contributed by atoms with Gasteiger partial charge in [-0.3, -0.25) is 0 Å². The Morgan fingerprint density at radius 2 is 1.73 bits per heavy atom. The minimum atomic E-state index is -0.0178. The SMILES string of the molecule is CC.CCNCC(C)(C)OC. The molecule has 70 valence electrons. The lowest BCUT2D eigenvalue weighted by Crippen LogP contribution is -2.36. The van der Waals surface area contributed by atoms with E-state index in [-0.39, 0.29) is 5.60 Å². The second kappa shape index (κ2) is 8.02. The van der Waals surface area contributed by atoms with Gasteiger partial charge in [0.1, 0.15) is 0 Å². The fraction of sp³-hybridized carbons (Fsp3) is 1.00. The van der Waals surface area contributed by atoms with E-state index in [1.54, 1.807) is 7.11 Å². The zero-order valence-corrected chi connectivity index (χ0v) is 8.82. The molecule has 0 aliphatic heterocycles. The molecule has 2 heteroatoms. The minimum Gasteiger partial charge on any atom is -0.377 e. The van der Waals surface area contributed by atoms with Gasteiger partial charge in [0.15, 0.2) is 0 Å². The number of rotatable bonds is 4. The average Bonchev–Trinajstić information content (AvgIpc) is 2.05. The lowest BCUT2D eigenvalue weighted by atomic mass is 10.1. The lowest BCUT2D eigenvalue weighted by molar-refractivity contribution is 0.0238. The van der Waals surface area contributed by atoms with Crippen LogP contribution in [0.25, 0.3) is 0 Å². The lowest BCUT2D eigenvalue weighted by Gasteiger charge is -2.22. The molecule has 0 radical (unpaired) electrons. The van der Waals surface area contributed by atoms with Crippen LogP contribution < -0.4 is 5.32 Å². The zero-order chi connectivity index (χ0) is 9.33. The summed E-state index contributed by atoms with van der Waals surface area (Å²) in [5.74, 6) is 0. The van der Waals surface area contributed by atoms with Gasteiger partial charge in [0, 0.05) is 13.7 Å². The number of hydrogen-bond acceptors (Lipinski definition) is 2. The van der Waals surface area contributed by atoms with Crippen LogP contribution in [0.5, 0.6) is 0 Å². The predicted octanol–water partition coefficient (Wildman–Crippen LogP) is 2.05. The van der Waals surface area contributed by atoms with Crippen molar-refractivity contribution in [1.29, 1.82) is 0 Å². The summed E-state index contributed by atoms with van der Waals surface area (Å²) in [7, 11) is 1.73. The molecule has 0 rings (SSSR count). The van der Waals surface area contributed by atoms with Crippen LogP contribution in [0.15, 0.2) is 0 Å². The van der Waals surface area contributed by atoms with E-state index in [0.29, 0.717) is 0 Å². The van der Waals surface area contributed by atoms with Gasteiger partial charge in [0.05, 0.1) is 5.60 Å². The van der Waals surface area contributed by atoms with Gasteiger partial charge in [0.25, 0.3) is 0 Å². The Morgan fingerprint density at radius 1 is 1.27 bits per heavy atom. The Balaban J connectivity index is 0. The van der Waals surface area contributed by atoms with E-state index >= 15 is 0 Å². The van der Waals surface area contributed by atoms with Crippen molar-refractivity contribution >= 4 is 0 Å². The second-order valence-corrected chi connectivity index (χ2v) is 2.74. The highest BCUT2D eigenvalue weighted by atomic mass is 16.5. The molecule has 0 aromatic rings. The monoisotopic (exact) mass is 161 g/mol. The Hall–Kier alpha value is -0.0800. The van der Waals surface area contributed by atoms with Gasteiger partial charge < -0.3 is 10.1 Å². The number of ether oxygens (including phenoxy) is 1. The molecule has 0 saturated heterocycles. The summed E-state index contributed by atoms with van der Waals surface area (Å²) in [5.41, 5.74) is -0.0178. The molecule has 0 saturated carbocycles. The van der Waals surface area contributed by atoms with Crippen LogP contribution in [0.4, 0.5) is 0 Å². The minimum absolute atomic E-state index is 0.0178. The standard InChI is InChI=1S/C7H17NO.C2H6/c1-5-8-6-7(2,3)9-4;1-2/h8H,5-6H2,1-4H3;1-2H3. The normalized spacial score (nSPS) is 10.4. The Morgan fingerprint density at radius 3 is 2.00 bits per heavy atom. The molecular formula is C9H23NO. The molecule has 11 heavy (non-hydrogen) atoms. The van der Waals surface area contributed by atoms with Gasteiger partial charge in [0.2, 0.25) is 0 Å². The third-order valence-corrected chi connectivity index (χ3v) is 1.35. The van der Waals surface area contributed by atoms with Crippen LogP contribution in [0.1, 0.15) is 34.6 Å². The average molecular weight is 161 g/mol. The van der Waals surface area contributed by atoms with Gasteiger partial charge in [-0.1, -0.05) is 20.8 Å². The highest BCUT2D eigenvalue weighted by Crippen LogP contribution is 2.03. The van der Waals surface area contributed by atoms with Crippen LogP contribution in [0.3, 0.4) is 0 Å². The Kier molecular flexibility index (Phi) is 9.85.